The van der Waals surface area contributed by atoms with Gasteiger partial charge in [0.25, 0.3) is 0 Å². The van der Waals surface area contributed by atoms with Crippen LogP contribution in [0.2, 0.25) is 5.02 Å². The maximum Gasteiger partial charge on any atom is 0.125 e. The predicted octanol–water partition coefficient (Wildman–Crippen LogP) is 4.91. The molecule has 1 heterocycles. The molecule has 5 heteroatoms. The largest absolute Gasteiger partial charge is 0.295 e. The Morgan fingerprint density at radius 1 is 1.19 bits per heavy atom. The molecule has 0 aliphatic carbocycles. The number of benzene rings is 2. The molecule has 108 valence electrons. The van der Waals surface area contributed by atoms with E-state index >= 15 is 0 Å². The van der Waals surface area contributed by atoms with Gasteiger partial charge in [-0.2, -0.15) is 0 Å². The van der Waals surface area contributed by atoms with Crippen molar-refractivity contribution in [2.75, 3.05) is 5.88 Å². The number of alkyl halides is 1. The summed E-state index contributed by atoms with van der Waals surface area (Å²) < 4.78 is 15.5. The van der Waals surface area contributed by atoms with E-state index in [1.165, 1.54) is 12.1 Å². The van der Waals surface area contributed by atoms with Crippen molar-refractivity contribution in [2.24, 2.45) is 0 Å². The van der Waals surface area contributed by atoms with Crippen LogP contribution in [0.5, 0.6) is 0 Å². The molecule has 0 atom stereocenters. The average Bonchev–Trinajstić information content (AvgIpc) is 2.79. The highest BCUT2D eigenvalue weighted by molar-refractivity contribution is 6.32. The Labute approximate surface area is 132 Å². The smallest absolute Gasteiger partial charge is 0.125 e. The zero-order valence-electron chi connectivity index (χ0n) is 11.4. The number of nitrogens with zero attached hydrogens (tertiary/aromatic N) is 2. The zero-order chi connectivity index (χ0) is 15.0. The minimum atomic E-state index is -0.333. The zero-order valence-corrected chi connectivity index (χ0v) is 12.9. The molecule has 2 nitrogen and oxygen atoms in total. The van der Waals surface area contributed by atoms with E-state index in [4.69, 9.17) is 23.2 Å². The van der Waals surface area contributed by atoms with Crippen molar-refractivity contribution in [1.82, 2.24) is 9.55 Å². The monoisotopic (exact) mass is 322 g/mol. The number of aromatic nitrogens is 2. The van der Waals surface area contributed by atoms with Gasteiger partial charge >= 0.3 is 0 Å². The van der Waals surface area contributed by atoms with Crippen molar-refractivity contribution in [3.63, 3.8) is 0 Å². The molecule has 0 fully saturated rings. The third-order valence-corrected chi connectivity index (χ3v) is 3.86. The Morgan fingerprint density at radius 3 is 2.76 bits per heavy atom. The molecule has 0 unspecified atom stereocenters. The van der Waals surface area contributed by atoms with Gasteiger partial charge in [-0.25, -0.2) is 9.37 Å². The molecule has 2 aromatic carbocycles. The third-order valence-electron chi connectivity index (χ3n) is 3.35. The van der Waals surface area contributed by atoms with Gasteiger partial charge in [0.1, 0.15) is 11.6 Å². The van der Waals surface area contributed by atoms with Crippen molar-refractivity contribution in [3.05, 3.63) is 58.6 Å². The van der Waals surface area contributed by atoms with Crippen LogP contribution in [0.25, 0.3) is 16.7 Å². The van der Waals surface area contributed by atoms with Crippen LogP contribution in [0.3, 0.4) is 0 Å². The Bertz CT molecular complexity index is 811. The molecule has 0 radical (unpaired) electrons. The fourth-order valence-electron chi connectivity index (χ4n) is 2.41. The summed E-state index contributed by atoms with van der Waals surface area (Å²) in [7, 11) is 0. The molecule has 3 rings (SSSR count). The summed E-state index contributed by atoms with van der Waals surface area (Å²) in [5, 5.41) is 0.480. The van der Waals surface area contributed by atoms with Gasteiger partial charge in [-0.15, -0.1) is 11.6 Å². The number of fused-ring (bicyclic) bond motifs is 1. The molecule has 0 amide bonds. The van der Waals surface area contributed by atoms with Crippen LogP contribution in [-0.4, -0.2) is 15.4 Å². The van der Waals surface area contributed by atoms with E-state index in [2.05, 4.69) is 4.98 Å². The summed E-state index contributed by atoms with van der Waals surface area (Å²) in [5.41, 5.74) is 3.45. The van der Waals surface area contributed by atoms with Gasteiger partial charge in [0.05, 0.1) is 21.7 Å². The Balaban J connectivity index is 2.35. The highest BCUT2D eigenvalue weighted by Gasteiger charge is 2.15. The van der Waals surface area contributed by atoms with Crippen molar-refractivity contribution >= 4 is 34.2 Å². The average molecular weight is 323 g/mol. The number of imidazole rings is 1. The van der Waals surface area contributed by atoms with Crippen molar-refractivity contribution in [1.29, 1.82) is 0 Å². The van der Waals surface area contributed by atoms with E-state index in [0.717, 1.165) is 22.4 Å². The molecule has 0 bridgehead atoms. The second-order valence-electron chi connectivity index (χ2n) is 4.89. The fraction of sp³-hybridized carbons (Fsp3) is 0.188. The first-order chi connectivity index (χ1) is 10.1. The van der Waals surface area contributed by atoms with Gasteiger partial charge in [0.2, 0.25) is 0 Å². The van der Waals surface area contributed by atoms with Crippen LogP contribution in [0.4, 0.5) is 4.39 Å². The summed E-state index contributed by atoms with van der Waals surface area (Å²) in [5.74, 6) is 0.883. The van der Waals surface area contributed by atoms with Gasteiger partial charge < -0.3 is 0 Å². The summed E-state index contributed by atoms with van der Waals surface area (Å²) in [6, 6.07) is 10.3. The molecule has 0 spiro atoms. The van der Waals surface area contributed by atoms with Gasteiger partial charge in [-0.05, 0) is 42.8 Å². The highest BCUT2D eigenvalue weighted by Crippen LogP contribution is 2.28. The lowest BCUT2D eigenvalue weighted by Gasteiger charge is -2.11. The van der Waals surface area contributed by atoms with Crippen molar-refractivity contribution < 1.29 is 4.39 Å². The molecule has 1 aromatic heterocycles. The van der Waals surface area contributed by atoms with Crippen LogP contribution < -0.4 is 0 Å². The van der Waals surface area contributed by atoms with Crippen LogP contribution in [-0.2, 0) is 6.42 Å². The number of halogens is 3. The molecular formula is C16H13Cl2FN2. The third kappa shape index (κ3) is 2.63. The topological polar surface area (TPSA) is 17.8 Å². The minimum absolute atomic E-state index is 0.333. The molecule has 0 saturated carbocycles. The van der Waals surface area contributed by atoms with Crippen molar-refractivity contribution in [3.8, 4) is 5.69 Å². The lowest BCUT2D eigenvalue weighted by molar-refractivity contribution is 0.626. The van der Waals surface area contributed by atoms with E-state index in [1.54, 1.807) is 6.07 Å². The molecule has 21 heavy (non-hydrogen) atoms. The fourth-order valence-corrected chi connectivity index (χ4v) is 2.78. The van der Waals surface area contributed by atoms with Gasteiger partial charge in [0.15, 0.2) is 0 Å². The second kappa shape index (κ2) is 5.66. The van der Waals surface area contributed by atoms with Gasteiger partial charge in [-0.3, -0.25) is 4.57 Å². The number of hydrogen-bond acceptors (Lipinski definition) is 1. The first kappa shape index (κ1) is 14.4. The first-order valence-corrected chi connectivity index (χ1v) is 7.51. The van der Waals surface area contributed by atoms with E-state index in [9.17, 15) is 4.39 Å². The van der Waals surface area contributed by atoms with E-state index in [-0.39, 0.29) is 5.82 Å². The van der Waals surface area contributed by atoms with Gasteiger partial charge in [-0.1, -0.05) is 17.7 Å². The Kier molecular flexibility index (Phi) is 3.87. The molecule has 0 saturated heterocycles. The molecule has 3 aromatic rings. The lowest BCUT2D eigenvalue weighted by Crippen LogP contribution is -2.03. The lowest BCUT2D eigenvalue weighted by atomic mass is 10.2. The summed E-state index contributed by atoms with van der Waals surface area (Å²) >= 11 is 12.1. The van der Waals surface area contributed by atoms with Gasteiger partial charge in [0, 0.05) is 12.3 Å². The minimum Gasteiger partial charge on any atom is -0.295 e. The Hall–Kier alpha value is -1.58. The number of aryl methyl sites for hydroxylation is 2. The normalized spacial score (nSPS) is 11.2. The standard InChI is InChI=1S/C16H13Cl2FN2/c1-10-2-5-13-15(8-10)21(16(20-13)6-7-17)14-9-11(19)3-4-12(14)18/h2-5,8-9H,6-7H2,1H3. The van der Waals surface area contributed by atoms with Crippen LogP contribution in [0, 0.1) is 12.7 Å². The predicted molar refractivity (Wildman–Crippen MR) is 85.2 cm³/mol. The van der Waals surface area contributed by atoms with E-state index in [1.807, 2.05) is 29.7 Å². The SMILES string of the molecule is Cc1ccc2nc(CCCl)n(-c3cc(F)ccc3Cl)c2c1. The Morgan fingerprint density at radius 2 is 2.00 bits per heavy atom. The maximum absolute atomic E-state index is 13.6. The maximum atomic E-state index is 13.6. The van der Waals surface area contributed by atoms with E-state index < -0.39 is 0 Å². The van der Waals surface area contributed by atoms with Crippen LogP contribution in [0.1, 0.15) is 11.4 Å². The first-order valence-electron chi connectivity index (χ1n) is 6.59. The summed E-state index contributed by atoms with van der Waals surface area (Å²) in [6.45, 7) is 2.01. The number of hydrogen-bond donors (Lipinski definition) is 0. The van der Waals surface area contributed by atoms with Crippen LogP contribution >= 0.6 is 23.2 Å². The molecular weight excluding hydrogens is 310 g/mol. The second-order valence-corrected chi connectivity index (χ2v) is 5.68. The van der Waals surface area contributed by atoms with E-state index in [0.29, 0.717) is 23.0 Å². The molecule has 0 N–H and O–H groups in total. The molecule has 0 aliphatic rings. The molecule has 0 aliphatic heterocycles. The number of rotatable bonds is 3. The van der Waals surface area contributed by atoms with Crippen molar-refractivity contribution in [2.45, 2.75) is 13.3 Å². The van der Waals surface area contributed by atoms with Crippen LogP contribution in [0.15, 0.2) is 36.4 Å². The summed E-state index contributed by atoms with van der Waals surface area (Å²) in [4.78, 5) is 4.59. The highest BCUT2D eigenvalue weighted by atomic mass is 35.5. The summed E-state index contributed by atoms with van der Waals surface area (Å²) in [6.07, 6.45) is 0.585. The quantitative estimate of drug-likeness (QED) is 0.626.